The molecule has 0 spiro atoms. The summed E-state index contributed by atoms with van der Waals surface area (Å²) in [6, 6.07) is 1.06. The summed E-state index contributed by atoms with van der Waals surface area (Å²) < 4.78 is 50.7. The number of rotatable bonds is 2. The zero-order valence-electron chi connectivity index (χ0n) is 8.38. The molecule has 0 saturated carbocycles. The van der Waals surface area contributed by atoms with Crippen molar-refractivity contribution in [2.75, 3.05) is 5.73 Å². The highest BCUT2D eigenvalue weighted by atomic mass is 19.4. The summed E-state index contributed by atoms with van der Waals surface area (Å²) in [4.78, 5) is 10.4. The molecule has 92 valence electrons. The maximum atomic E-state index is 13.0. The molecule has 0 unspecified atom stereocenters. The first kappa shape index (κ1) is 13.0. The summed E-state index contributed by atoms with van der Waals surface area (Å²) in [6.45, 7) is 0. The van der Waals surface area contributed by atoms with Gasteiger partial charge in [-0.1, -0.05) is 0 Å². The van der Waals surface area contributed by atoms with Crippen LogP contribution < -0.4 is 11.5 Å². The Labute approximate surface area is 93.7 Å². The van der Waals surface area contributed by atoms with Crippen molar-refractivity contribution in [3.8, 4) is 0 Å². The van der Waals surface area contributed by atoms with Crippen LogP contribution in [-0.4, -0.2) is 5.91 Å². The lowest BCUT2D eigenvalue weighted by atomic mass is 10.0. The number of carbonyl (C=O) groups excluding carboxylic acids is 1. The number of anilines is 1. The van der Waals surface area contributed by atoms with Crippen LogP contribution in [0.4, 0.5) is 23.2 Å². The quantitative estimate of drug-likeness (QED) is 0.477. The zero-order valence-corrected chi connectivity index (χ0v) is 8.38. The van der Waals surface area contributed by atoms with Crippen LogP contribution in [0.15, 0.2) is 18.2 Å². The van der Waals surface area contributed by atoms with Gasteiger partial charge in [-0.15, -0.1) is 0 Å². The van der Waals surface area contributed by atoms with Crippen molar-refractivity contribution >= 4 is 17.7 Å². The Balaban J connectivity index is 3.36. The van der Waals surface area contributed by atoms with E-state index in [-0.39, 0.29) is 0 Å². The van der Waals surface area contributed by atoms with Crippen molar-refractivity contribution in [3.05, 3.63) is 35.2 Å². The number of benzene rings is 1. The molecule has 0 atom stereocenters. The number of primary amides is 1. The SMILES string of the molecule is NC(=O)C=Cc1cc(F)c(N)cc1C(F)(F)F. The van der Waals surface area contributed by atoms with Crippen LogP contribution in [0.25, 0.3) is 6.08 Å². The van der Waals surface area contributed by atoms with Crippen LogP contribution in [0.1, 0.15) is 11.1 Å². The van der Waals surface area contributed by atoms with E-state index < -0.39 is 34.7 Å². The second-order valence-electron chi connectivity index (χ2n) is 3.19. The molecule has 0 heterocycles. The molecule has 0 saturated heterocycles. The fourth-order valence-electron chi connectivity index (χ4n) is 1.16. The van der Waals surface area contributed by atoms with Crippen molar-refractivity contribution < 1.29 is 22.4 Å². The van der Waals surface area contributed by atoms with Gasteiger partial charge in [-0.05, 0) is 23.8 Å². The number of hydrogen-bond acceptors (Lipinski definition) is 2. The largest absolute Gasteiger partial charge is 0.417 e. The van der Waals surface area contributed by atoms with Crippen molar-refractivity contribution in [1.29, 1.82) is 0 Å². The fourth-order valence-corrected chi connectivity index (χ4v) is 1.16. The minimum absolute atomic E-state index is 0.468. The van der Waals surface area contributed by atoms with Crippen LogP contribution in [0.5, 0.6) is 0 Å². The molecule has 7 heteroatoms. The fraction of sp³-hybridized carbons (Fsp3) is 0.100. The van der Waals surface area contributed by atoms with Crippen molar-refractivity contribution in [3.63, 3.8) is 0 Å². The number of carbonyl (C=O) groups is 1. The van der Waals surface area contributed by atoms with E-state index in [1.54, 1.807) is 0 Å². The average Bonchev–Trinajstić information content (AvgIpc) is 2.17. The Morgan fingerprint density at radius 3 is 2.35 bits per heavy atom. The second kappa shape index (κ2) is 4.44. The van der Waals surface area contributed by atoms with E-state index in [0.717, 1.165) is 6.08 Å². The molecule has 0 radical (unpaired) electrons. The van der Waals surface area contributed by atoms with Gasteiger partial charge in [0.2, 0.25) is 5.91 Å². The Morgan fingerprint density at radius 1 is 1.29 bits per heavy atom. The van der Waals surface area contributed by atoms with Gasteiger partial charge in [-0.3, -0.25) is 4.79 Å². The highest BCUT2D eigenvalue weighted by Gasteiger charge is 2.33. The van der Waals surface area contributed by atoms with Gasteiger partial charge in [-0.2, -0.15) is 13.2 Å². The van der Waals surface area contributed by atoms with E-state index in [1.165, 1.54) is 0 Å². The normalized spacial score (nSPS) is 12.0. The molecule has 1 aromatic carbocycles. The minimum Gasteiger partial charge on any atom is -0.396 e. The third kappa shape index (κ3) is 3.20. The summed E-state index contributed by atoms with van der Waals surface area (Å²) in [6.07, 6.45) is -3.20. The first-order valence-electron chi connectivity index (χ1n) is 4.35. The highest BCUT2D eigenvalue weighted by Crippen LogP contribution is 2.34. The molecule has 1 amide bonds. The highest BCUT2D eigenvalue weighted by molar-refractivity contribution is 5.90. The molecule has 0 aromatic heterocycles. The second-order valence-corrected chi connectivity index (χ2v) is 3.19. The van der Waals surface area contributed by atoms with Crippen LogP contribution in [0.3, 0.4) is 0 Å². The van der Waals surface area contributed by atoms with Gasteiger partial charge < -0.3 is 11.5 Å². The molecular formula is C10H8F4N2O. The minimum atomic E-state index is -4.70. The first-order valence-corrected chi connectivity index (χ1v) is 4.35. The molecule has 0 bridgehead atoms. The summed E-state index contributed by atoms with van der Waals surface area (Å²) in [5, 5.41) is 0. The predicted octanol–water partition coefficient (Wildman–Crippen LogP) is 1.93. The number of nitrogen functional groups attached to an aromatic ring is 1. The van der Waals surface area contributed by atoms with Gasteiger partial charge in [-0.25, -0.2) is 4.39 Å². The van der Waals surface area contributed by atoms with Crippen molar-refractivity contribution in [1.82, 2.24) is 0 Å². The van der Waals surface area contributed by atoms with Gasteiger partial charge in [0.25, 0.3) is 0 Å². The first-order chi connectivity index (χ1) is 7.71. The molecule has 0 aliphatic carbocycles. The number of amides is 1. The smallest absolute Gasteiger partial charge is 0.396 e. The van der Waals surface area contributed by atoms with Gasteiger partial charge >= 0.3 is 6.18 Å². The average molecular weight is 248 g/mol. The lowest BCUT2D eigenvalue weighted by molar-refractivity contribution is -0.137. The molecule has 17 heavy (non-hydrogen) atoms. The van der Waals surface area contributed by atoms with Crippen LogP contribution >= 0.6 is 0 Å². The zero-order chi connectivity index (χ0) is 13.2. The van der Waals surface area contributed by atoms with Crippen molar-refractivity contribution in [2.24, 2.45) is 5.73 Å². The Bertz CT molecular complexity index is 480. The Morgan fingerprint density at radius 2 is 1.88 bits per heavy atom. The third-order valence-electron chi connectivity index (χ3n) is 1.90. The molecule has 1 aromatic rings. The third-order valence-corrected chi connectivity index (χ3v) is 1.90. The number of nitrogens with two attached hydrogens (primary N) is 2. The molecule has 4 N–H and O–H groups in total. The molecule has 0 aliphatic heterocycles. The molecule has 3 nitrogen and oxygen atoms in total. The van der Waals surface area contributed by atoms with E-state index in [0.29, 0.717) is 18.2 Å². The van der Waals surface area contributed by atoms with Crippen LogP contribution in [0, 0.1) is 5.82 Å². The summed E-state index contributed by atoms with van der Waals surface area (Å²) in [5.74, 6) is -1.93. The predicted molar refractivity (Wildman–Crippen MR) is 54.0 cm³/mol. The standard InChI is InChI=1S/C10H8F4N2O/c11-7-3-5(1-2-9(16)17)6(4-8(7)15)10(12,13)14/h1-4H,15H2,(H2,16,17). The number of hydrogen-bond donors (Lipinski definition) is 2. The molecule has 0 aliphatic rings. The van der Waals surface area contributed by atoms with Crippen LogP contribution in [0.2, 0.25) is 0 Å². The Kier molecular flexibility index (Phi) is 3.40. The Hall–Kier alpha value is -2.05. The molecular weight excluding hydrogens is 240 g/mol. The number of halogens is 4. The van der Waals surface area contributed by atoms with Gasteiger partial charge in [0.1, 0.15) is 5.82 Å². The van der Waals surface area contributed by atoms with Gasteiger partial charge in [0, 0.05) is 6.08 Å². The van der Waals surface area contributed by atoms with E-state index in [9.17, 15) is 22.4 Å². The topological polar surface area (TPSA) is 69.1 Å². The maximum Gasteiger partial charge on any atom is 0.417 e. The van der Waals surface area contributed by atoms with Gasteiger partial charge in [0.15, 0.2) is 0 Å². The van der Waals surface area contributed by atoms with Crippen molar-refractivity contribution in [2.45, 2.75) is 6.18 Å². The lowest BCUT2D eigenvalue weighted by Crippen LogP contribution is -2.10. The molecule has 0 fully saturated rings. The van der Waals surface area contributed by atoms with E-state index in [1.807, 2.05) is 0 Å². The van der Waals surface area contributed by atoms with E-state index in [2.05, 4.69) is 0 Å². The summed E-state index contributed by atoms with van der Waals surface area (Å²) >= 11 is 0. The summed E-state index contributed by atoms with van der Waals surface area (Å²) in [7, 11) is 0. The monoisotopic (exact) mass is 248 g/mol. The van der Waals surface area contributed by atoms with E-state index in [4.69, 9.17) is 11.5 Å². The maximum absolute atomic E-state index is 13.0. The van der Waals surface area contributed by atoms with Crippen LogP contribution in [-0.2, 0) is 11.0 Å². The summed E-state index contributed by atoms with van der Waals surface area (Å²) in [5.41, 5.74) is 7.53. The van der Waals surface area contributed by atoms with E-state index >= 15 is 0 Å². The lowest BCUT2D eigenvalue weighted by Gasteiger charge is -2.11. The van der Waals surface area contributed by atoms with Gasteiger partial charge in [0.05, 0.1) is 11.3 Å². The number of alkyl halides is 3. The molecule has 1 rings (SSSR count).